The van der Waals surface area contributed by atoms with Crippen LogP contribution in [0.15, 0.2) is 18.2 Å². The molecule has 3 heteroatoms. The van der Waals surface area contributed by atoms with Gasteiger partial charge in [-0.3, -0.25) is 4.79 Å². The Kier molecular flexibility index (Phi) is 3.44. The first kappa shape index (κ1) is 13.9. The molecule has 116 valence electrons. The summed E-state index contributed by atoms with van der Waals surface area (Å²) in [6, 6.07) is 6.21. The van der Waals surface area contributed by atoms with Gasteiger partial charge < -0.3 is 9.88 Å². The van der Waals surface area contributed by atoms with E-state index >= 15 is 0 Å². The Balaban J connectivity index is 1.70. The summed E-state index contributed by atoms with van der Waals surface area (Å²) in [5.41, 5.74) is 4.88. The monoisotopic (exact) mass is 296 g/mol. The zero-order valence-electron chi connectivity index (χ0n) is 13.3. The van der Waals surface area contributed by atoms with Crippen molar-refractivity contribution >= 4 is 16.8 Å². The highest BCUT2D eigenvalue weighted by Gasteiger charge is 2.22. The second-order valence-electron chi connectivity index (χ2n) is 7.04. The molecule has 1 fully saturated rings. The highest BCUT2D eigenvalue weighted by Crippen LogP contribution is 2.32. The summed E-state index contributed by atoms with van der Waals surface area (Å²) in [4.78, 5) is 18.3. The summed E-state index contributed by atoms with van der Waals surface area (Å²) in [5.74, 6) is 0.952. The maximum Gasteiger partial charge on any atom is 0.253 e. The second-order valence-corrected chi connectivity index (χ2v) is 7.04. The molecule has 22 heavy (non-hydrogen) atoms. The van der Waals surface area contributed by atoms with Crippen LogP contribution >= 0.6 is 0 Å². The van der Waals surface area contributed by atoms with Gasteiger partial charge in [0.2, 0.25) is 0 Å². The number of nitrogens with one attached hydrogen (secondary N) is 1. The summed E-state index contributed by atoms with van der Waals surface area (Å²) < 4.78 is 0. The molecule has 4 rings (SSSR count). The first-order valence-electron chi connectivity index (χ1n) is 8.65. The number of carbonyl (C=O) groups excluding carboxylic acids is 1. The van der Waals surface area contributed by atoms with Crippen LogP contribution in [-0.2, 0) is 12.8 Å². The first-order valence-corrected chi connectivity index (χ1v) is 8.65. The van der Waals surface area contributed by atoms with Crippen molar-refractivity contribution in [2.24, 2.45) is 5.92 Å². The maximum absolute atomic E-state index is 12.7. The van der Waals surface area contributed by atoms with Crippen molar-refractivity contribution in [3.05, 3.63) is 35.0 Å². The molecule has 1 amide bonds. The number of aromatic nitrogens is 1. The van der Waals surface area contributed by atoms with Gasteiger partial charge in [-0.15, -0.1) is 0 Å². The van der Waals surface area contributed by atoms with Crippen molar-refractivity contribution in [2.75, 3.05) is 13.1 Å². The number of hydrogen-bond donors (Lipinski definition) is 1. The summed E-state index contributed by atoms with van der Waals surface area (Å²) >= 11 is 0. The normalized spacial score (nSPS) is 21.9. The summed E-state index contributed by atoms with van der Waals surface area (Å²) in [5, 5.41) is 1.27. The van der Waals surface area contributed by atoms with Gasteiger partial charge in [-0.25, -0.2) is 0 Å². The lowest BCUT2D eigenvalue weighted by molar-refractivity contribution is 0.0724. The number of likely N-dealkylation sites (tertiary alicyclic amines) is 1. The molecule has 0 spiro atoms. The van der Waals surface area contributed by atoms with Crippen molar-refractivity contribution in [1.29, 1.82) is 0 Å². The van der Waals surface area contributed by atoms with Crippen LogP contribution < -0.4 is 0 Å². The zero-order valence-corrected chi connectivity index (χ0v) is 13.3. The summed E-state index contributed by atoms with van der Waals surface area (Å²) in [7, 11) is 0. The van der Waals surface area contributed by atoms with Crippen LogP contribution in [0.1, 0.15) is 54.2 Å². The van der Waals surface area contributed by atoms with Gasteiger partial charge in [0, 0.05) is 35.2 Å². The standard InChI is InChI=1S/C19H24N2O/c1-13-5-7-17-15(11-13)16-12-14(6-8-18(16)20-17)19(22)21-9-3-2-4-10-21/h6,8,12-13,20H,2-5,7,9-11H2,1H3. The summed E-state index contributed by atoms with van der Waals surface area (Å²) in [6.45, 7) is 4.16. The number of fused-ring (bicyclic) bond motifs is 3. The van der Waals surface area contributed by atoms with Crippen LogP contribution in [0.25, 0.3) is 10.9 Å². The SMILES string of the molecule is CC1CCc2[nH]c3ccc(C(=O)N4CCCCC4)cc3c2C1. The molecule has 2 aromatic rings. The van der Waals surface area contributed by atoms with Gasteiger partial charge in [0.15, 0.2) is 0 Å². The minimum atomic E-state index is 0.209. The highest BCUT2D eigenvalue weighted by atomic mass is 16.2. The first-order chi connectivity index (χ1) is 10.7. The number of benzene rings is 1. The van der Waals surface area contributed by atoms with Crippen molar-refractivity contribution in [2.45, 2.75) is 45.4 Å². The number of carbonyl (C=O) groups is 1. The maximum atomic E-state index is 12.7. The smallest absolute Gasteiger partial charge is 0.253 e. The number of aryl methyl sites for hydroxylation is 1. The van der Waals surface area contributed by atoms with Crippen LogP contribution in [0.2, 0.25) is 0 Å². The van der Waals surface area contributed by atoms with E-state index in [1.807, 2.05) is 11.0 Å². The Morgan fingerprint density at radius 2 is 2.05 bits per heavy atom. The topological polar surface area (TPSA) is 36.1 Å². The van der Waals surface area contributed by atoms with E-state index < -0.39 is 0 Å². The van der Waals surface area contributed by atoms with Gasteiger partial charge in [-0.1, -0.05) is 6.92 Å². The third kappa shape index (κ3) is 2.33. The average Bonchev–Trinajstić information content (AvgIpc) is 2.92. The molecule has 0 radical (unpaired) electrons. The Bertz CT molecular complexity index is 710. The van der Waals surface area contributed by atoms with E-state index in [1.165, 1.54) is 35.0 Å². The number of H-pyrrole nitrogens is 1. The lowest BCUT2D eigenvalue weighted by atomic mass is 9.87. The van der Waals surface area contributed by atoms with Crippen LogP contribution in [0, 0.1) is 5.92 Å². The molecule has 0 saturated carbocycles. The fourth-order valence-electron chi connectivity index (χ4n) is 4.00. The van der Waals surface area contributed by atoms with Crippen molar-refractivity contribution in [3.63, 3.8) is 0 Å². The summed E-state index contributed by atoms with van der Waals surface area (Å²) in [6.07, 6.45) is 7.08. The average molecular weight is 296 g/mol. The molecule has 1 aromatic carbocycles. The number of aromatic amines is 1. The molecule has 3 nitrogen and oxygen atoms in total. The minimum absolute atomic E-state index is 0.209. The van der Waals surface area contributed by atoms with Gasteiger partial charge in [-0.2, -0.15) is 0 Å². The molecule has 1 aliphatic carbocycles. The largest absolute Gasteiger partial charge is 0.358 e. The molecule has 1 saturated heterocycles. The highest BCUT2D eigenvalue weighted by molar-refractivity contribution is 5.99. The predicted octanol–water partition coefficient (Wildman–Crippen LogP) is 3.92. The van der Waals surface area contributed by atoms with Gasteiger partial charge >= 0.3 is 0 Å². The molecule has 2 heterocycles. The van der Waals surface area contributed by atoms with Crippen molar-refractivity contribution < 1.29 is 4.79 Å². The molecule has 1 aliphatic heterocycles. The van der Waals surface area contributed by atoms with E-state index in [1.54, 1.807) is 0 Å². The van der Waals surface area contributed by atoms with Crippen LogP contribution in [0.3, 0.4) is 0 Å². The molecule has 0 bridgehead atoms. The number of hydrogen-bond acceptors (Lipinski definition) is 1. The fraction of sp³-hybridized carbons (Fsp3) is 0.526. The number of amides is 1. The Labute approximate surface area is 131 Å². The second kappa shape index (κ2) is 5.45. The lowest BCUT2D eigenvalue weighted by Crippen LogP contribution is -2.35. The third-order valence-corrected chi connectivity index (χ3v) is 5.32. The molecule has 1 aromatic heterocycles. The van der Waals surface area contributed by atoms with E-state index in [4.69, 9.17) is 0 Å². The van der Waals surface area contributed by atoms with Gasteiger partial charge in [0.05, 0.1) is 0 Å². The van der Waals surface area contributed by atoms with Gasteiger partial charge in [0.25, 0.3) is 5.91 Å². The number of nitrogens with zero attached hydrogens (tertiary/aromatic N) is 1. The lowest BCUT2D eigenvalue weighted by Gasteiger charge is -2.26. The Hall–Kier alpha value is -1.77. The van der Waals surface area contributed by atoms with E-state index in [9.17, 15) is 4.79 Å². The predicted molar refractivity (Wildman–Crippen MR) is 89.2 cm³/mol. The van der Waals surface area contributed by atoms with E-state index in [0.29, 0.717) is 0 Å². The van der Waals surface area contributed by atoms with Crippen LogP contribution in [0.5, 0.6) is 0 Å². The Morgan fingerprint density at radius 3 is 2.86 bits per heavy atom. The Morgan fingerprint density at radius 1 is 1.23 bits per heavy atom. The quantitative estimate of drug-likeness (QED) is 0.850. The van der Waals surface area contributed by atoms with Crippen molar-refractivity contribution in [3.8, 4) is 0 Å². The zero-order chi connectivity index (χ0) is 15.1. The fourth-order valence-corrected chi connectivity index (χ4v) is 4.00. The molecular formula is C19H24N2O. The molecular weight excluding hydrogens is 272 g/mol. The third-order valence-electron chi connectivity index (χ3n) is 5.32. The molecule has 1 unspecified atom stereocenters. The van der Waals surface area contributed by atoms with Crippen LogP contribution in [-0.4, -0.2) is 28.9 Å². The van der Waals surface area contributed by atoms with E-state index in [0.717, 1.165) is 50.3 Å². The van der Waals surface area contributed by atoms with Crippen LogP contribution in [0.4, 0.5) is 0 Å². The van der Waals surface area contributed by atoms with Crippen molar-refractivity contribution in [1.82, 2.24) is 9.88 Å². The van der Waals surface area contributed by atoms with E-state index in [-0.39, 0.29) is 5.91 Å². The van der Waals surface area contributed by atoms with E-state index in [2.05, 4.69) is 24.0 Å². The number of piperidine rings is 1. The minimum Gasteiger partial charge on any atom is -0.358 e. The number of rotatable bonds is 1. The molecule has 1 N–H and O–H groups in total. The molecule has 2 aliphatic rings. The molecule has 1 atom stereocenters. The van der Waals surface area contributed by atoms with Gasteiger partial charge in [0.1, 0.15) is 0 Å². The van der Waals surface area contributed by atoms with Gasteiger partial charge in [-0.05, 0) is 68.2 Å².